The molecule has 3 N–H and O–H groups in total. The molecular weight excluding hydrogens is 246 g/mol. The van der Waals surface area contributed by atoms with Gasteiger partial charge >= 0.3 is 6.03 Å². The van der Waals surface area contributed by atoms with Crippen LogP contribution in [-0.4, -0.2) is 43.7 Å². The molecule has 0 aromatic rings. The summed E-state index contributed by atoms with van der Waals surface area (Å²) in [5, 5.41) is 9.38. The highest BCUT2D eigenvalue weighted by Crippen LogP contribution is 2.21. The number of carbonyl (C=O) groups is 1. The zero-order valence-electron chi connectivity index (χ0n) is 11.0. The van der Waals surface area contributed by atoms with Gasteiger partial charge in [0, 0.05) is 13.1 Å². The fourth-order valence-corrected chi connectivity index (χ4v) is 3.79. The molecule has 2 fully saturated rings. The number of hydrogen-bond acceptors (Lipinski definition) is 3. The predicted octanol–water partition coefficient (Wildman–Crippen LogP) is 1.43. The smallest absolute Gasteiger partial charge is 0.314 e. The van der Waals surface area contributed by atoms with Gasteiger partial charge < -0.3 is 16.0 Å². The van der Waals surface area contributed by atoms with Crippen molar-refractivity contribution in [2.75, 3.05) is 37.7 Å². The standard InChI is InChI=1S/C13H25N3OS/c17-13(15-9-11-3-6-18-7-4-11)16-10-12-2-1-5-14-8-12/h11-12,14H,1-10H2,(H2,15,16,17). The molecule has 2 rings (SSSR count). The van der Waals surface area contributed by atoms with E-state index in [-0.39, 0.29) is 6.03 Å². The van der Waals surface area contributed by atoms with Gasteiger partial charge in [0.05, 0.1) is 0 Å². The number of thioether (sulfide) groups is 1. The van der Waals surface area contributed by atoms with Crippen LogP contribution in [0, 0.1) is 11.8 Å². The second-order valence-corrected chi connectivity index (χ2v) is 6.58. The quantitative estimate of drug-likeness (QED) is 0.725. The highest BCUT2D eigenvalue weighted by atomic mass is 32.2. The molecule has 2 saturated heterocycles. The van der Waals surface area contributed by atoms with Crippen LogP contribution in [0.1, 0.15) is 25.7 Å². The van der Waals surface area contributed by atoms with Crippen LogP contribution in [0.15, 0.2) is 0 Å². The molecule has 0 aromatic carbocycles. The Kier molecular flexibility index (Phi) is 6.14. The van der Waals surface area contributed by atoms with Gasteiger partial charge in [-0.2, -0.15) is 11.8 Å². The van der Waals surface area contributed by atoms with Crippen LogP contribution in [0.5, 0.6) is 0 Å². The third-order valence-electron chi connectivity index (χ3n) is 3.84. The van der Waals surface area contributed by atoms with E-state index in [0.717, 1.165) is 26.2 Å². The minimum Gasteiger partial charge on any atom is -0.338 e. The molecule has 2 amide bonds. The molecule has 0 aromatic heterocycles. The van der Waals surface area contributed by atoms with Gasteiger partial charge in [0.25, 0.3) is 0 Å². The fraction of sp³-hybridized carbons (Fsp3) is 0.923. The van der Waals surface area contributed by atoms with Crippen LogP contribution in [-0.2, 0) is 0 Å². The largest absolute Gasteiger partial charge is 0.338 e. The van der Waals surface area contributed by atoms with Crippen molar-refractivity contribution in [2.24, 2.45) is 11.8 Å². The maximum Gasteiger partial charge on any atom is 0.314 e. The van der Waals surface area contributed by atoms with E-state index in [1.165, 1.54) is 37.2 Å². The summed E-state index contributed by atoms with van der Waals surface area (Å²) < 4.78 is 0. The maximum absolute atomic E-state index is 11.7. The first-order chi connectivity index (χ1) is 8.84. The predicted molar refractivity (Wildman–Crippen MR) is 77.0 cm³/mol. The molecule has 2 aliphatic heterocycles. The second-order valence-electron chi connectivity index (χ2n) is 5.36. The van der Waals surface area contributed by atoms with Gasteiger partial charge in [0.15, 0.2) is 0 Å². The van der Waals surface area contributed by atoms with Crippen molar-refractivity contribution in [3.63, 3.8) is 0 Å². The van der Waals surface area contributed by atoms with E-state index in [2.05, 4.69) is 16.0 Å². The molecule has 4 nitrogen and oxygen atoms in total. The molecule has 1 atom stereocenters. The number of piperidine rings is 1. The monoisotopic (exact) mass is 271 g/mol. The van der Waals surface area contributed by atoms with Gasteiger partial charge in [-0.15, -0.1) is 0 Å². The summed E-state index contributed by atoms with van der Waals surface area (Å²) >= 11 is 2.03. The lowest BCUT2D eigenvalue weighted by molar-refractivity contribution is 0.234. The SMILES string of the molecule is O=C(NCC1CCSCC1)NCC1CCCNC1. The third kappa shape index (κ3) is 5.06. The number of rotatable bonds is 4. The molecule has 5 heteroatoms. The summed E-state index contributed by atoms with van der Waals surface area (Å²) in [6.07, 6.45) is 4.95. The Labute approximate surface area is 114 Å². The van der Waals surface area contributed by atoms with E-state index in [0.29, 0.717) is 11.8 Å². The van der Waals surface area contributed by atoms with Crippen LogP contribution in [0.25, 0.3) is 0 Å². The molecule has 0 saturated carbocycles. The molecular formula is C13H25N3OS. The normalized spacial score (nSPS) is 25.7. The van der Waals surface area contributed by atoms with Crippen LogP contribution in [0.2, 0.25) is 0 Å². The van der Waals surface area contributed by atoms with Crippen LogP contribution in [0.4, 0.5) is 4.79 Å². The number of nitrogens with one attached hydrogen (secondary N) is 3. The lowest BCUT2D eigenvalue weighted by Gasteiger charge is -2.24. The summed E-state index contributed by atoms with van der Waals surface area (Å²) in [5.74, 6) is 3.80. The summed E-state index contributed by atoms with van der Waals surface area (Å²) in [6, 6.07) is 0.0128. The summed E-state index contributed by atoms with van der Waals surface area (Å²) in [5.41, 5.74) is 0. The van der Waals surface area contributed by atoms with Gasteiger partial charge in [-0.25, -0.2) is 4.79 Å². The molecule has 0 aliphatic carbocycles. The van der Waals surface area contributed by atoms with Crippen molar-refractivity contribution >= 4 is 17.8 Å². The van der Waals surface area contributed by atoms with E-state index in [4.69, 9.17) is 0 Å². The van der Waals surface area contributed by atoms with E-state index >= 15 is 0 Å². The molecule has 18 heavy (non-hydrogen) atoms. The molecule has 104 valence electrons. The van der Waals surface area contributed by atoms with Crippen molar-refractivity contribution in [1.82, 2.24) is 16.0 Å². The van der Waals surface area contributed by atoms with E-state index < -0.39 is 0 Å². The highest BCUT2D eigenvalue weighted by molar-refractivity contribution is 7.99. The molecule has 1 unspecified atom stereocenters. The Bertz CT molecular complexity index is 227. The molecule has 0 bridgehead atoms. The summed E-state index contributed by atoms with van der Waals surface area (Å²) in [6.45, 7) is 3.82. The fourth-order valence-electron chi connectivity index (χ4n) is 2.59. The van der Waals surface area contributed by atoms with Crippen molar-refractivity contribution < 1.29 is 4.79 Å². The number of carbonyl (C=O) groups excluding carboxylic acids is 1. The number of hydrogen-bond donors (Lipinski definition) is 3. The molecule has 0 spiro atoms. The minimum absolute atomic E-state index is 0.0128. The lowest BCUT2D eigenvalue weighted by Crippen LogP contribution is -2.43. The Morgan fingerprint density at radius 1 is 1.11 bits per heavy atom. The Morgan fingerprint density at radius 2 is 1.83 bits per heavy atom. The summed E-state index contributed by atoms with van der Waals surface area (Å²) in [4.78, 5) is 11.7. The summed E-state index contributed by atoms with van der Waals surface area (Å²) in [7, 11) is 0. The Balaban J connectivity index is 1.54. The van der Waals surface area contributed by atoms with Gasteiger partial charge in [-0.1, -0.05) is 0 Å². The van der Waals surface area contributed by atoms with Crippen LogP contribution in [0.3, 0.4) is 0 Å². The molecule has 2 heterocycles. The average Bonchev–Trinajstić information content (AvgIpc) is 2.45. The van der Waals surface area contributed by atoms with E-state index in [1.54, 1.807) is 0 Å². The van der Waals surface area contributed by atoms with Crippen LogP contribution >= 0.6 is 11.8 Å². The lowest BCUT2D eigenvalue weighted by atomic mass is 10.00. The second kappa shape index (κ2) is 7.89. The first-order valence-corrected chi connectivity index (χ1v) is 8.30. The van der Waals surface area contributed by atoms with Gasteiger partial charge in [0.2, 0.25) is 0 Å². The van der Waals surface area contributed by atoms with Crippen molar-refractivity contribution in [2.45, 2.75) is 25.7 Å². The van der Waals surface area contributed by atoms with Crippen LogP contribution < -0.4 is 16.0 Å². The average molecular weight is 271 g/mol. The Hall–Kier alpha value is -0.420. The molecule has 2 aliphatic rings. The minimum atomic E-state index is 0.0128. The van der Waals surface area contributed by atoms with Crippen molar-refractivity contribution in [3.05, 3.63) is 0 Å². The maximum atomic E-state index is 11.7. The van der Waals surface area contributed by atoms with Gasteiger partial charge in [-0.05, 0) is 62.1 Å². The molecule has 0 radical (unpaired) electrons. The zero-order chi connectivity index (χ0) is 12.6. The number of amides is 2. The first kappa shape index (κ1) is 14.0. The van der Waals surface area contributed by atoms with E-state index in [1.807, 2.05) is 11.8 Å². The van der Waals surface area contributed by atoms with Gasteiger partial charge in [-0.3, -0.25) is 0 Å². The first-order valence-electron chi connectivity index (χ1n) is 7.15. The number of urea groups is 1. The van der Waals surface area contributed by atoms with E-state index in [9.17, 15) is 4.79 Å². The zero-order valence-corrected chi connectivity index (χ0v) is 11.9. The van der Waals surface area contributed by atoms with Crippen molar-refractivity contribution in [3.8, 4) is 0 Å². The third-order valence-corrected chi connectivity index (χ3v) is 4.89. The highest BCUT2D eigenvalue weighted by Gasteiger charge is 2.16. The van der Waals surface area contributed by atoms with Crippen molar-refractivity contribution in [1.29, 1.82) is 0 Å². The topological polar surface area (TPSA) is 53.2 Å². The Morgan fingerprint density at radius 3 is 2.50 bits per heavy atom. The van der Waals surface area contributed by atoms with Gasteiger partial charge in [0.1, 0.15) is 0 Å².